The number of isothiocyanates is 1. The SMILES string of the molecule is S=C=NCCc1cscn1. The van der Waals surface area contributed by atoms with Gasteiger partial charge in [0, 0.05) is 11.8 Å². The van der Waals surface area contributed by atoms with E-state index in [1.165, 1.54) is 0 Å². The van der Waals surface area contributed by atoms with Gasteiger partial charge in [-0.2, -0.15) is 0 Å². The molecule has 0 bridgehead atoms. The van der Waals surface area contributed by atoms with Crippen LogP contribution < -0.4 is 0 Å². The quantitative estimate of drug-likeness (QED) is 0.510. The first-order valence-corrected chi connectivity index (χ1v) is 4.19. The Kier molecular flexibility index (Phi) is 3.22. The average Bonchev–Trinajstić information content (AvgIpc) is 2.41. The summed E-state index contributed by atoms with van der Waals surface area (Å²) in [5.74, 6) is 0. The lowest BCUT2D eigenvalue weighted by Gasteiger charge is -1.85. The normalized spacial score (nSPS) is 8.80. The molecule has 0 aromatic carbocycles. The molecule has 0 spiro atoms. The third-order valence-electron chi connectivity index (χ3n) is 1.03. The zero-order valence-electron chi connectivity index (χ0n) is 5.28. The van der Waals surface area contributed by atoms with Gasteiger partial charge in [-0.05, 0) is 12.2 Å². The highest BCUT2D eigenvalue weighted by Gasteiger charge is 1.90. The van der Waals surface area contributed by atoms with Gasteiger partial charge in [-0.3, -0.25) is 0 Å². The maximum atomic E-state index is 4.41. The molecule has 2 nitrogen and oxygen atoms in total. The second kappa shape index (κ2) is 4.28. The molecule has 1 aromatic rings. The first-order valence-electron chi connectivity index (χ1n) is 2.84. The maximum absolute atomic E-state index is 4.41. The molecule has 0 aliphatic carbocycles. The highest BCUT2D eigenvalue weighted by atomic mass is 32.1. The first kappa shape index (κ1) is 7.54. The average molecular weight is 170 g/mol. The largest absolute Gasteiger partial charge is 0.250 e. The molecule has 0 aliphatic heterocycles. The molecule has 0 unspecified atom stereocenters. The van der Waals surface area contributed by atoms with Gasteiger partial charge in [-0.1, -0.05) is 0 Å². The zero-order chi connectivity index (χ0) is 7.23. The van der Waals surface area contributed by atoms with E-state index < -0.39 is 0 Å². The molecular formula is C6H6N2S2. The van der Waals surface area contributed by atoms with Crippen LogP contribution in [-0.4, -0.2) is 16.7 Å². The maximum Gasteiger partial charge on any atom is 0.0794 e. The summed E-state index contributed by atoms with van der Waals surface area (Å²) in [6.45, 7) is 0.702. The van der Waals surface area contributed by atoms with Crippen molar-refractivity contribution in [2.45, 2.75) is 6.42 Å². The molecule has 10 heavy (non-hydrogen) atoms. The van der Waals surface area contributed by atoms with Gasteiger partial charge in [-0.15, -0.1) is 11.3 Å². The topological polar surface area (TPSA) is 25.2 Å². The van der Waals surface area contributed by atoms with Crippen molar-refractivity contribution in [1.29, 1.82) is 0 Å². The van der Waals surface area contributed by atoms with Crippen molar-refractivity contribution in [1.82, 2.24) is 4.98 Å². The Morgan fingerprint density at radius 3 is 3.30 bits per heavy atom. The summed E-state index contributed by atoms with van der Waals surface area (Å²) in [5, 5.41) is 4.33. The Labute approximate surface area is 68.6 Å². The smallest absolute Gasteiger partial charge is 0.0794 e. The molecule has 52 valence electrons. The molecular weight excluding hydrogens is 164 g/mol. The van der Waals surface area contributed by atoms with E-state index in [4.69, 9.17) is 0 Å². The Balaban J connectivity index is 2.34. The van der Waals surface area contributed by atoms with Gasteiger partial charge in [0.25, 0.3) is 0 Å². The standard InChI is InChI=1S/C6H6N2S2/c9-4-7-2-1-6-3-10-5-8-6/h3,5H,1-2H2. The van der Waals surface area contributed by atoms with Crippen LogP contribution in [-0.2, 0) is 6.42 Å². The van der Waals surface area contributed by atoms with Crippen molar-refractivity contribution >= 4 is 28.7 Å². The van der Waals surface area contributed by atoms with Crippen LogP contribution in [0.5, 0.6) is 0 Å². The van der Waals surface area contributed by atoms with Gasteiger partial charge in [0.15, 0.2) is 0 Å². The molecule has 1 rings (SSSR count). The van der Waals surface area contributed by atoms with Gasteiger partial charge >= 0.3 is 0 Å². The molecule has 1 aromatic heterocycles. The van der Waals surface area contributed by atoms with Crippen molar-refractivity contribution in [2.24, 2.45) is 4.99 Å². The Hall–Kier alpha value is -0.570. The molecule has 0 fully saturated rings. The predicted molar refractivity (Wildman–Crippen MR) is 45.7 cm³/mol. The molecule has 1 heterocycles. The Bertz CT molecular complexity index is 224. The van der Waals surface area contributed by atoms with Crippen molar-refractivity contribution in [3.8, 4) is 0 Å². The minimum absolute atomic E-state index is 0.702. The summed E-state index contributed by atoms with van der Waals surface area (Å²) < 4.78 is 0. The number of hydrogen-bond acceptors (Lipinski definition) is 4. The number of rotatable bonds is 3. The second-order valence-electron chi connectivity index (χ2n) is 1.70. The lowest BCUT2D eigenvalue weighted by atomic mass is 10.3. The van der Waals surface area contributed by atoms with Crippen molar-refractivity contribution in [3.63, 3.8) is 0 Å². The summed E-state index contributed by atoms with van der Waals surface area (Å²) in [6.07, 6.45) is 0.868. The molecule has 0 radical (unpaired) electrons. The van der Waals surface area contributed by atoms with Gasteiger partial charge in [-0.25, -0.2) is 9.98 Å². The van der Waals surface area contributed by atoms with Crippen LogP contribution in [0.15, 0.2) is 15.9 Å². The van der Waals surface area contributed by atoms with E-state index in [9.17, 15) is 0 Å². The second-order valence-corrected chi connectivity index (χ2v) is 2.60. The highest BCUT2D eigenvalue weighted by molar-refractivity contribution is 7.78. The number of thiazole rings is 1. The van der Waals surface area contributed by atoms with E-state index in [1.54, 1.807) is 11.3 Å². The summed E-state index contributed by atoms with van der Waals surface area (Å²) in [7, 11) is 0. The third kappa shape index (κ3) is 2.35. The van der Waals surface area contributed by atoms with E-state index in [0.717, 1.165) is 12.1 Å². The van der Waals surface area contributed by atoms with E-state index in [-0.39, 0.29) is 0 Å². The minimum atomic E-state index is 0.702. The van der Waals surface area contributed by atoms with Gasteiger partial charge in [0.05, 0.1) is 22.9 Å². The van der Waals surface area contributed by atoms with E-state index in [1.807, 2.05) is 10.9 Å². The van der Waals surface area contributed by atoms with Crippen LogP contribution in [0, 0.1) is 0 Å². The van der Waals surface area contributed by atoms with Gasteiger partial charge in [0.1, 0.15) is 0 Å². The van der Waals surface area contributed by atoms with Crippen molar-refractivity contribution in [3.05, 3.63) is 16.6 Å². The molecule has 0 N–H and O–H groups in total. The number of aliphatic imine (C=N–C) groups is 1. The fourth-order valence-electron chi connectivity index (χ4n) is 0.577. The minimum Gasteiger partial charge on any atom is -0.250 e. The van der Waals surface area contributed by atoms with Crippen LogP contribution in [0.1, 0.15) is 5.69 Å². The van der Waals surface area contributed by atoms with E-state index in [2.05, 4.69) is 27.4 Å². The third-order valence-corrected chi connectivity index (χ3v) is 1.79. The summed E-state index contributed by atoms with van der Waals surface area (Å²) in [4.78, 5) is 7.86. The zero-order valence-corrected chi connectivity index (χ0v) is 6.91. The molecule has 0 aliphatic rings. The Morgan fingerprint density at radius 2 is 2.70 bits per heavy atom. The lowest BCUT2D eigenvalue weighted by molar-refractivity contribution is 0.942. The fourth-order valence-corrected chi connectivity index (χ4v) is 1.26. The summed E-state index contributed by atoms with van der Waals surface area (Å²) in [6, 6.07) is 0. The molecule has 0 atom stereocenters. The lowest BCUT2D eigenvalue weighted by Crippen LogP contribution is -1.87. The highest BCUT2D eigenvalue weighted by Crippen LogP contribution is 2.00. The van der Waals surface area contributed by atoms with Crippen LogP contribution >= 0.6 is 23.6 Å². The van der Waals surface area contributed by atoms with E-state index >= 15 is 0 Å². The van der Waals surface area contributed by atoms with Crippen LogP contribution in [0.2, 0.25) is 0 Å². The van der Waals surface area contributed by atoms with Crippen LogP contribution in [0.3, 0.4) is 0 Å². The molecule has 0 amide bonds. The van der Waals surface area contributed by atoms with Crippen molar-refractivity contribution in [2.75, 3.05) is 6.54 Å². The number of nitrogens with zero attached hydrogens (tertiary/aromatic N) is 2. The van der Waals surface area contributed by atoms with Crippen LogP contribution in [0.4, 0.5) is 0 Å². The van der Waals surface area contributed by atoms with Gasteiger partial charge < -0.3 is 0 Å². The van der Waals surface area contributed by atoms with Crippen molar-refractivity contribution < 1.29 is 0 Å². The number of hydrogen-bond donors (Lipinski definition) is 0. The molecule has 0 saturated heterocycles. The number of thiocarbonyl (C=S) groups is 1. The molecule has 4 heteroatoms. The van der Waals surface area contributed by atoms with E-state index in [0.29, 0.717) is 6.54 Å². The monoisotopic (exact) mass is 170 g/mol. The fraction of sp³-hybridized carbons (Fsp3) is 0.333. The van der Waals surface area contributed by atoms with Gasteiger partial charge in [0.2, 0.25) is 0 Å². The summed E-state index contributed by atoms with van der Waals surface area (Å²) in [5.41, 5.74) is 2.90. The Morgan fingerprint density at radius 1 is 1.80 bits per heavy atom. The number of aromatic nitrogens is 1. The predicted octanol–water partition coefficient (Wildman–Crippen LogP) is 1.79. The first-order chi connectivity index (χ1) is 4.93. The summed E-state index contributed by atoms with van der Waals surface area (Å²) >= 11 is 6.01. The van der Waals surface area contributed by atoms with Crippen LogP contribution in [0.25, 0.3) is 0 Å². The molecule has 0 saturated carbocycles.